The molecule has 0 aliphatic carbocycles. The van der Waals surface area contributed by atoms with E-state index in [1.165, 1.54) is 65.8 Å². The van der Waals surface area contributed by atoms with Crippen LogP contribution in [0.2, 0.25) is 0 Å². The Hall–Kier alpha value is -4.46. The summed E-state index contributed by atoms with van der Waals surface area (Å²) in [6, 6.07) is 14.2. The highest BCUT2D eigenvalue weighted by molar-refractivity contribution is 6.51. The number of amides is 1. The van der Waals surface area contributed by atoms with Crippen LogP contribution in [0.3, 0.4) is 0 Å². The van der Waals surface area contributed by atoms with Crippen molar-refractivity contribution in [3.05, 3.63) is 95.3 Å². The van der Waals surface area contributed by atoms with Gasteiger partial charge in [-0.3, -0.25) is 19.5 Å². The first-order valence-electron chi connectivity index (χ1n) is 10.2. The van der Waals surface area contributed by atoms with Gasteiger partial charge in [0.05, 0.1) is 23.8 Å². The summed E-state index contributed by atoms with van der Waals surface area (Å²) >= 11 is 0. The number of anilines is 1. The summed E-state index contributed by atoms with van der Waals surface area (Å²) in [7, 11) is 0. The number of phenols is 1. The predicted octanol–water partition coefficient (Wildman–Crippen LogP) is 3.59. The lowest BCUT2D eigenvalue weighted by atomic mass is 9.95. The van der Waals surface area contributed by atoms with E-state index in [4.69, 9.17) is 4.74 Å². The van der Waals surface area contributed by atoms with Crippen molar-refractivity contribution < 1.29 is 29.3 Å². The Morgan fingerprint density at radius 2 is 1.61 bits per heavy atom. The normalized spacial score (nSPS) is 17.2. The molecule has 1 aromatic heterocycles. The Bertz CT molecular complexity index is 1230. The summed E-state index contributed by atoms with van der Waals surface area (Å²) in [4.78, 5) is 43.3. The molecule has 0 spiro atoms. The first-order chi connectivity index (χ1) is 15.9. The minimum atomic E-state index is -0.952. The van der Waals surface area contributed by atoms with Gasteiger partial charge in [0.25, 0.3) is 11.7 Å². The topological polar surface area (TPSA) is 117 Å². The molecule has 2 N–H and O–H groups in total. The third-order valence-corrected chi connectivity index (χ3v) is 5.26. The van der Waals surface area contributed by atoms with E-state index < -0.39 is 23.7 Å². The number of aromatic hydroxyl groups is 1. The van der Waals surface area contributed by atoms with E-state index in [1.807, 2.05) is 0 Å². The van der Waals surface area contributed by atoms with E-state index in [9.17, 15) is 24.6 Å². The quantitative estimate of drug-likeness (QED) is 0.267. The molecule has 1 amide bonds. The van der Waals surface area contributed by atoms with Crippen LogP contribution in [0.15, 0.2) is 78.6 Å². The van der Waals surface area contributed by atoms with Crippen molar-refractivity contribution in [2.45, 2.75) is 13.0 Å². The molecule has 8 heteroatoms. The number of pyridine rings is 1. The summed E-state index contributed by atoms with van der Waals surface area (Å²) in [5.74, 6) is -2.49. The first kappa shape index (κ1) is 21.8. The molecule has 1 aliphatic heterocycles. The number of benzene rings is 2. The molecule has 166 valence electrons. The molecule has 0 saturated carbocycles. The molecular formula is C25H20N2O6. The lowest BCUT2D eigenvalue weighted by Crippen LogP contribution is -2.29. The Kier molecular flexibility index (Phi) is 5.91. The number of ketones is 1. The molecule has 1 aliphatic rings. The van der Waals surface area contributed by atoms with Crippen LogP contribution in [0.25, 0.3) is 5.76 Å². The van der Waals surface area contributed by atoms with Gasteiger partial charge in [0.15, 0.2) is 0 Å². The number of carbonyl (C=O) groups is 3. The fraction of sp³-hybridized carbons (Fsp3) is 0.120. The van der Waals surface area contributed by atoms with E-state index in [2.05, 4.69) is 4.98 Å². The zero-order chi connectivity index (χ0) is 23.5. The van der Waals surface area contributed by atoms with Gasteiger partial charge in [-0.2, -0.15) is 0 Å². The number of aromatic nitrogens is 1. The third-order valence-electron chi connectivity index (χ3n) is 5.26. The first-order valence-corrected chi connectivity index (χ1v) is 10.2. The van der Waals surface area contributed by atoms with Crippen molar-refractivity contribution in [2.75, 3.05) is 11.5 Å². The third kappa shape index (κ3) is 4.06. The Morgan fingerprint density at radius 3 is 2.21 bits per heavy atom. The number of carbonyl (C=O) groups excluding carboxylic acids is 3. The van der Waals surface area contributed by atoms with Crippen LogP contribution in [0, 0.1) is 0 Å². The number of Topliss-reactive ketones (excluding diaryl/α,β-unsaturated/α-hetero) is 1. The zero-order valence-electron chi connectivity index (χ0n) is 17.6. The summed E-state index contributed by atoms with van der Waals surface area (Å²) in [5.41, 5.74) is 1.42. The second-order valence-corrected chi connectivity index (χ2v) is 7.26. The number of phenolic OH excluding ortho intramolecular Hbond substituents is 1. The molecule has 8 nitrogen and oxygen atoms in total. The molecule has 0 radical (unpaired) electrons. The van der Waals surface area contributed by atoms with Crippen LogP contribution in [0.4, 0.5) is 5.69 Å². The molecule has 1 atom stereocenters. The molecule has 2 aromatic carbocycles. The summed E-state index contributed by atoms with van der Waals surface area (Å²) in [6.45, 7) is 1.93. The summed E-state index contributed by atoms with van der Waals surface area (Å²) in [5, 5.41) is 20.7. The lowest BCUT2D eigenvalue weighted by molar-refractivity contribution is -0.132. The monoisotopic (exact) mass is 444 g/mol. The average molecular weight is 444 g/mol. The Morgan fingerprint density at radius 1 is 0.970 bits per heavy atom. The molecule has 1 fully saturated rings. The molecule has 33 heavy (non-hydrogen) atoms. The fourth-order valence-electron chi connectivity index (χ4n) is 3.71. The van der Waals surface area contributed by atoms with Crippen LogP contribution < -0.4 is 4.90 Å². The van der Waals surface area contributed by atoms with Gasteiger partial charge in [-0.25, -0.2) is 4.79 Å². The lowest BCUT2D eigenvalue weighted by Gasteiger charge is -2.25. The summed E-state index contributed by atoms with van der Waals surface area (Å²) < 4.78 is 4.99. The van der Waals surface area contributed by atoms with E-state index in [-0.39, 0.29) is 23.7 Å². The highest BCUT2D eigenvalue weighted by Crippen LogP contribution is 2.42. The number of rotatable bonds is 5. The van der Waals surface area contributed by atoms with Crippen molar-refractivity contribution in [1.82, 2.24) is 4.98 Å². The van der Waals surface area contributed by atoms with Gasteiger partial charge < -0.3 is 14.9 Å². The van der Waals surface area contributed by atoms with Gasteiger partial charge in [0.2, 0.25) is 0 Å². The predicted molar refractivity (Wildman–Crippen MR) is 120 cm³/mol. The number of esters is 1. The van der Waals surface area contributed by atoms with Crippen LogP contribution in [0.5, 0.6) is 5.75 Å². The number of ether oxygens (including phenoxy) is 1. The van der Waals surface area contributed by atoms with E-state index in [0.29, 0.717) is 22.4 Å². The molecule has 0 bridgehead atoms. The number of hydrogen-bond acceptors (Lipinski definition) is 7. The van der Waals surface area contributed by atoms with Crippen LogP contribution in [-0.4, -0.2) is 39.5 Å². The number of hydrogen-bond donors (Lipinski definition) is 2. The van der Waals surface area contributed by atoms with E-state index in [1.54, 1.807) is 19.1 Å². The maximum atomic E-state index is 13.1. The number of aliphatic hydroxyl groups is 1. The van der Waals surface area contributed by atoms with Gasteiger partial charge in [0, 0.05) is 23.6 Å². The minimum Gasteiger partial charge on any atom is -0.508 e. The Balaban J connectivity index is 1.85. The van der Waals surface area contributed by atoms with E-state index >= 15 is 0 Å². The maximum Gasteiger partial charge on any atom is 0.338 e. The largest absolute Gasteiger partial charge is 0.508 e. The molecule has 3 aromatic rings. The van der Waals surface area contributed by atoms with Crippen LogP contribution >= 0.6 is 0 Å². The fourth-order valence-corrected chi connectivity index (χ4v) is 3.71. The van der Waals surface area contributed by atoms with Crippen molar-refractivity contribution in [1.29, 1.82) is 0 Å². The van der Waals surface area contributed by atoms with Gasteiger partial charge in [-0.15, -0.1) is 0 Å². The summed E-state index contributed by atoms with van der Waals surface area (Å²) in [6.07, 6.45) is 2.93. The molecule has 1 saturated heterocycles. The molecule has 2 heterocycles. The van der Waals surface area contributed by atoms with Gasteiger partial charge in [0.1, 0.15) is 11.5 Å². The van der Waals surface area contributed by atoms with Crippen molar-refractivity contribution in [2.24, 2.45) is 0 Å². The smallest absolute Gasteiger partial charge is 0.338 e. The number of aliphatic hydroxyl groups excluding tert-OH is 1. The van der Waals surface area contributed by atoms with Crippen LogP contribution in [0.1, 0.15) is 34.5 Å². The Labute approximate surface area is 189 Å². The second-order valence-electron chi connectivity index (χ2n) is 7.26. The molecule has 1 unspecified atom stereocenters. The van der Waals surface area contributed by atoms with Crippen LogP contribution in [-0.2, 0) is 14.3 Å². The van der Waals surface area contributed by atoms with Gasteiger partial charge in [-0.05, 0) is 61.0 Å². The van der Waals surface area contributed by atoms with Gasteiger partial charge >= 0.3 is 5.97 Å². The SMILES string of the molecule is CCOC(=O)c1ccc(N2C(=O)C(=O)/C(=C(/O)c3ccncc3)C2c2ccc(O)cc2)cc1. The highest BCUT2D eigenvalue weighted by atomic mass is 16.5. The van der Waals surface area contributed by atoms with Crippen molar-refractivity contribution in [3.63, 3.8) is 0 Å². The van der Waals surface area contributed by atoms with E-state index in [0.717, 1.165) is 0 Å². The minimum absolute atomic E-state index is 0.0172. The zero-order valence-corrected chi connectivity index (χ0v) is 17.6. The molecule has 4 rings (SSSR count). The maximum absolute atomic E-state index is 13.1. The van der Waals surface area contributed by atoms with Crippen molar-refractivity contribution >= 4 is 29.1 Å². The standard InChI is InChI=1S/C25H20N2O6/c1-2-33-25(32)17-3-7-18(8-4-17)27-21(15-5-9-19(28)10-6-15)20(23(30)24(27)31)22(29)16-11-13-26-14-12-16/h3-14,21,28-29H,2H2,1H3/b22-20+. The van der Waals surface area contributed by atoms with Crippen molar-refractivity contribution in [3.8, 4) is 5.75 Å². The van der Waals surface area contributed by atoms with Gasteiger partial charge in [-0.1, -0.05) is 12.1 Å². The second kappa shape index (κ2) is 8.96. The number of nitrogens with zero attached hydrogens (tertiary/aromatic N) is 2. The highest BCUT2D eigenvalue weighted by Gasteiger charge is 2.47. The average Bonchev–Trinajstić information content (AvgIpc) is 3.10. The molecular weight excluding hydrogens is 424 g/mol.